The third-order valence-electron chi connectivity index (χ3n) is 5.42. The molecule has 7 heteroatoms. The highest BCUT2D eigenvalue weighted by Gasteiger charge is 2.47. The van der Waals surface area contributed by atoms with Crippen LogP contribution in [-0.2, 0) is 23.9 Å². The van der Waals surface area contributed by atoms with Gasteiger partial charge in [0.25, 0.3) is 0 Å². The third kappa shape index (κ3) is 3.81. The Balaban J connectivity index is 2.19. The number of nitrogens with one attached hydrogen (secondary N) is 1. The number of benzene rings is 1. The van der Waals surface area contributed by atoms with Gasteiger partial charge in [-0.15, -0.1) is 0 Å². The van der Waals surface area contributed by atoms with Crippen molar-refractivity contribution in [1.82, 2.24) is 5.32 Å². The van der Waals surface area contributed by atoms with Crippen molar-refractivity contribution >= 4 is 29.3 Å². The van der Waals surface area contributed by atoms with Crippen molar-refractivity contribution in [1.29, 1.82) is 0 Å². The fourth-order valence-electron chi connectivity index (χ4n) is 4.18. The van der Waals surface area contributed by atoms with Crippen molar-refractivity contribution < 1.29 is 23.9 Å². The molecule has 1 aliphatic heterocycles. The molecule has 3 atom stereocenters. The molecule has 2 aliphatic rings. The Morgan fingerprint density at radius 2 is 2.03 bits per heavy atom. The van der Waals surface area contributed by atoms with Gasteiger partial charge in [-0.05, 0) is 43.9 Å². The molecule has 1 N–H and O–H groups in total. The Labute approximate surface area is 174 Å². The van der Waals surface area contributed by atoms with Gasteiger partial charge in [0.15, 0.2) is 5.78 Å². The first-order chi connectivity index (χ1) is 13.8. The first-order valence-electron chi connectivity index (χ1n) is 9.55. The van der Waals surface area contributed by atoms with Gasteiger partial charge in [-0.3, -0.25) is 9.59 Å². The van der Waals surface area contributed by atoms with E-state index in [-0.39, 0.29) is 18.3 Å². The molecule has 0 amide bonds. The maximum Gasteiger partial charge on any atom is 0.336 e. The lowest BCUT2D eigenvalue weighted by molar-refractivity contribution is -0.151. The highest BCUT2D eigenvalue weighted by molar-refractivity contribution is 6.30. The number of methoxy groups -OCH3 is 1. The van der Waals surface area contributed by atoms with Crippen molar-refractivity contribution in [2.75, 3.05) is 13.7 Å². The van der Waals surface area contributed by atoms with Crippen LogP contribution in [0, 0.1) is 11.8 Å². The highest BCUT2D eigenvalue weighted by Crippen LogP contribution is 2.45. The van der Waals surface area contributed by atoms with E-state index in [0.29, 0.717) is 33.9 Å². The molecule has 0 fully saturated rings. The normalized spacial score (nSPS) is 24.0. The lowest BCUT2D eigenvalue weighted by Gasteiger charge is -2.38. The molecular weight excluding hydrogens is 394 g/mol. The Morgan fingerprint density at radius 1 is 1.31 bits per heavy atom. The molecule has 6 nitrogen and oxygen atoms in total. The molecule has 154 valence electrons. The molecule has 0 saturated carbocycles. The van der Waals surface area contributed by atoms with Crippen molar-refractivity contribution in [3.63, 3.8) is 0 Å². The molecule has 0 aromatic heterocycles. The van der Waals surface area contributed by atoms with Crippen molar-refractivity contribution in [3.05, 3.63) is 57.4 Å². The number of carbonyl (C=O) groups excluding carboxylic acids is 3. The first-order valence-corrected chi connectivity index (χ1v) is 9.93. The number of hydrogen-bond donors (Lipinski definition) is 1. The van der Waals surface area contributed by atoms with Gasteiger partial charge in [0.05, 0.1) is 19.3 Å². The summed E-state index contributed by atoms with van der Waals surface area (Å²) in [6.07, 6.45) is 0.491. The standard InChI is InChI=1S/C22H24ClNO5/c1-5-29-22(27)17-12(3)24-15-9-11(2)16(21(26)28-4)20(25)19(15)18(17)13-7-6-8-14(23)10-13/h6-8,10-11,16,18,24H,5,9H2,1-4H3/t11-,16-,18-/m0/s1. The minimum Gasteiger partial charge on any atom is -0.468 e. The smallest absolute Gasteiger partial charge is 0.336 e. The zero-order chi connectivity index (χ0) is 21.3. The fourth-order valence-corrected chi connectivity index (χ4v) is 4.38. The largest absolute Gasteiger partial charge is 0.468 e. The van der Waals surface area contributed by atoms with E-state index in [1.165, 1.54) is 7.11 Å². The minimum absolute atomic E-state index is 0.208. The van der Waals surface area contributed by atoms with E-state index in [9.17, 15) is 14.4 Å². The van der Waals surface area contributed by atoms with Crippen LogP contribution in [0.3, 0.4) is 0 Å². The molecule has 1 aromatic carbocycles. The Bertz CT molecular complexity index is 933. The lowest BCUT2D eigenvalue weighted by Crippen LogP contribution is -2.43. The monoisotopic (exact) mass is 417 g/mol. The van der Waals surface area contributed by atoms with Crippen LogP contribution in [0.2, 0.25) is 5.02 Å². The molecule has 29 heavy (non-hydrogen) atoms. The van der Waals surface area contributed by atoms with Crippen LogP contribution in [-0.4, -0.2) is 31.4 Å². The highest BCUT2D eigenvalue weighted by atomic mass is 35.5. The second kappa shape index (κ2) is 8.41. The van der Waals surface area contributed by atoms with Gasteiger partial charge in [-0.2, -0.15) is 0 Å². The van der Waals surface area contributed by atoms with Crippen LogP contribution in [0.1, 0.15) is 38.7 Å². The van der Waals surface area contributed by atoms with E-state index in [2.05, 4.69) is 5.32 Å². The second-order valence-corrected chi connectivity index (χ2v) is 7.75. The van der Waals surface area contributed by atoms with E-state index < -0.39 is 23.8 Å². The quantitative estimate of drug-likeness (QED) is 0.596. The number of carbonyl (C=O) groups is 3. The molecule has 0 radical (unpaired) electrons. The number of halogens is 1. The number of hydrogen-bond acceptors (Lipinski definition) is 6. The third-order valence-corrected chi connectivity index (χ3v) is 5.66. The summed E-state index contributed by atoms with van der Waals surface area (Å²) in [6.45, 7) is 5.57. The zero-order valence-electron chi connectivity index (χ0n) is 16.9. The molecular formula is C22H24ClNO5. The summed E-state index contributed by atoms with van der Waals surface area (Å²) >= 11 is 6.20. The summed E-state index contributed by atoms with van der Waals surface area (Å²) in [6, 6.07) is 7.04. The van der Waals surface area contributed by atoms with Crippen molar-refractivity contribution in [3.8, 4) is 0 Å². The second-order valence-electron chi connectivity index (χ2n) is 7.31. The first kappa shape index (κ1) is 21.1. The van der Waals surface area contributed by atoms with Gasteiger partial charge >= 0.3 is 11.9 Å². The predicted molar refractivity (Wildman–Crippen MR) is 108 cm³/mol. The van der Waals surface area contributed by atoms with E-state index in [1.54, 1.807) is 32.0 Å². The molecule has 0 spiro atoms. The van der Waals surface area contributed by atoms with Gasteiger partial charge < -0.3 is 14.8 Å². The van der Waals surface area contributed by atoms with Gasteiger partial charge in [0.1, 0.15) is 5.92 Å². The number of ether oxygens (including phenoxy) is 2. The number of dihydropyridines is 1. The average molecular weight is 418 g/mol. The summed E-state index contributed by atoms with van der Waals surface area (Å²) in [5.41, 5.74) is 2.79. The Hall–Kier alpha value is -2.60. The lowest BCUT2D eigenvalue weighted by atomic mass is 9.69. The number of Topliss-reactive ketones (excluding diaryl/α,β-unsaturated/α-hetero) is 1. The molecule has 0 saturated heterocycles. The van der Waals surface area contributed by atoms with E-state index >= 15 is 0 Å². The van der Waals surface area contributed by atoms with Gasteiger partial charge in [-0.25, -0.2) is 4.79 Å². The van der Waals surface area contributed by atoms with E-state index in [1.807, 2.05) is 13.0 Å². The molecule has 1 aliphatic carbocycles. The topological polar surface area (TPSA) is 81.7 Å². The average Bonchev–Trinajstić information content (AvgIpc) is 2.66. The van der Waals surface area contributed by atoms with E-state index in [0.717, 1.165) is 5.70 Å². The van der Waals surface area contributed by atoms with Crippen molar-refractivity contribution in [2.45, 2.75) is 33.1 Å². The Kier molecular flexibility index (Phi) is 6.13. The molecule has 3 rings (SSSR count). The molecule has 0 bridgehead atoms. The van der Waals surface area contributed by atoms with Crippen LogP contribution in [0.4, 0.5) is 0 Å². The maximum atomic E-state index is 13.5. The Morgan fingerprint density at radius 3 is 2.66 bits per heavy atom. The number of esters is 2. The van der Waals surface area contributed by atoms with Crippen LogP contribution < -0.4 is 5.32 Å². The summed E-state index contributed by atoms with van der Waals surface area (Å²) in [5, 5.41) is 3.70. The molecule has 0 unspecified atom stereocenters. The SMILES string of the molecule is CCOC(=O)C1=C(C)NC2=C(C(=O)[C@@H](C(=O)OC)[C@@H](C)C2)[C@H]1c1cccc(Cl)c1. The zero-order valence-corrected chi connectivity index (χ0v) is 17.6. The number of allylic oxidation sites excluding steroid dienone is 3. The summed E-state index contributed by atoms with van der Waals surface area (Å²) in [4.78, 5) is 38.6. The van der Waals surface area contributed by atoms with Crippen molar-refractivity contribution in [2.24, 2.45) is 11.8 Å². The number of rotatable bonds is 4. The minimum atomic E-state index is -0.913. The van der Waals surface area contributed by atoms with Crippen LogP contribution in [0.5, 0.6) is 0 Å². The van der Waals surface area contributed by atoms with E-state index in [4.69, 9.17) is 21.1 Å². The summed E-state index contributed by atoms with van der Waals surface area (Å²) in [5.74, 6) is -3.21. The molecule has 1 heterocycles. The van der Waals surface area contributed by atoms with Gasteiger partial charge in [0, 0.05) is 27.9 Å². The fraction of sp³-hybridized carbons (Fsp3) is 0.409. The maximum absolute atomic E-state index is 13.5. The van der Waals surface area contributed by atoms with Crippen LogP contribution in [0.25, 0.3) is 0 Å². The predicted octanol–water partition coefficient (Wildman–Crippen LogP) is 3.52. The number of ketones is 1. The molecule has 1 aromatic rings. The summed E-state index contributed by atoms with van der Waals surface area (Å²) < 4.78 is 10.1. The van der Waals surface area contributed by atoms with Crippen LogP contribution in [0.15, 0.2) is 46.8 Å². The van der Waals surface area contributed by atoms with Gasteiger partial charge in [-0.1, -0.05) is 30.7 Å². The van der Waals surface area contributed by atoms with Crippen LogP contribution >= 0.6 is 11.6 Å². The van der Waals surface area contributed by atoms with Gasteiger partial charge in [0.2, 0.25) is 0 Å². The summed E-state index contributed by atoms with van der Waals surface area (Å²) in [7, 11) is 1.27.